The first-order valence-corrected chi connectivity index (χ1v) is 30.7. The molecule has 0 radical (unpaired) electrons. The first kappa shape index (κ1) is 68.8. The van der Waals surface area contributed by atoms with Crippen molar-refractivity contribution in [1.82, 2.24) is 47.1 Å². The van der Waals surface area contributed by atoms with E-state index in [-0.39, 0.29) is 41.6 Å². The number of hydrogen-bond donors (Lipinski definition) is 13. The van der Waals surface area contributed by atoms with Crippen LogP contribution in [0.3, 0.4) is 0 Å². The van der Waals surface area contributed by atoms with Crippen LogP contribution < -0.4 is 47.7 Å². The van der Waals surface area contributed by atoms with Gasteiger partial charge in [0, 0.05) is 85.7 Å². The van der Waals surface area contributed by atoms with Crippen molar-refractivity contribution in [2.75, 3.05) is 57.9 Å². The monoisotopic (exact) mass is 1230 g/mol. The molecular formula is C55H80N10O18S2. The number of Topliss-reactive ketones (excluding diaryl/α,β-unsaturated/α-hetero) is 2. The van der Waals surface area contributed by atoms with Crippen molar-refractivity contribution in [3.05, 3.63) is 23.3 Å². The minimum absolute atomic E-state index is 0.0196. The van der Waals surface area contributed by atoms with Crippen molar-refractivity contribution in [3.63, 3.8) is 0 Å². The van der Waals surface area contributed by atoms with E-state index in [4.69, 9.17) is 15.6 Å². The number of carboxylic acids is 1. The van der Waals surface area contributed by atoms with Crippen LogP contribution in [-0.4, -0.2) is 200 Å². The molecule has 28 nitrogen and oxygen atoms in total. The van der Waals surface area contributed by atoms with Crippen LogP contribution in [0.2, 0.25) is 0 Å². The highest BCUT2D eigenvalue weighted by atomic mass is 32.2. The molecule has 470 valence electrons. The van der Waals surface area contributed by atoms with Gasteiger partial charge in [0.2, 0.25) is 53.2 Å². The van der Waals surface area contributed by atoms with Crippen molar-refractivity contribution >= 4 is 104 Å². The van der Waals surface area contributed by atoms with Crippen molar-refractivity contribution < 1.29 is 86.9 Å². The Bertz CT molecular complexity index is 2850. The maximum absolute atomic E-state index is 15.3. The molecule has 0 spiro atoms. The number of carbonyl (C=O) groups is 12. The van der Waals surface area contributed by atoms with Gasteiger partial charge in [-0.05, 0) is 48.6 Å². The summed E-state index contributed by atoms with van der Waals surface area (Å²) in [5, 5.41) is 59.0. The summed E-state index contributed by atoms with van der Waals surface area (Å²) in [4.78, 5) is 167. The van der Waals surface area contributed by atoms with Gasteiger partial charge in [-0.25, -0.2) is 0 Å². The number of methoxy groups -OCH3 is 1. The number of nitrogens with one attached hydrogen (secondary N) is 8. The number of benzene rings is 1. The predicted molar refractivity (Wildman–Crippen MR) is 307 cm³/mol. The Hall–Kier alpha value is -7.02. The molecule has 9 amide bonds. The van der Waals surface area contributed by atoms with E-state index in [2.05, 4.69) is 42.2 Å². The predicted octanol–water partition coefficient (Wildman–Crippen LogP) is -2.69. The molecular weight excluding hydrogens is 1150 g/mol. The molecule has 0 aliphatic carbocycles. The number of aliphatic carboxylic acids is 1. The second-order valence-electron chi connectivity index (χ2n) is 21.8. The molecule has 5 rings (SSSR count). The van der Waals surface area contributed by atoms with Gasteiger partial charge < -0.3 is 78.0 Å². The van der Waals surface area contributed by atoms with Crippen LogP contribution in [-0.2, 0) is 80.5 Å². The summed E-state index contributed by atoms with van der Waals surface area (Å²) in [5.41, 5.74) is 6.65. The maximum atomic E-state index is 15.3. The number of carboxylic acid groups (broad SMARTS) is 1. The van der Waals surface area contributed by atoms with Crippen LogP contribution in [0, 0.1) is 29.6 Å². The third-order valence-corrected chi connectivity index (χ3v) is 18.0. The van der Waals surface area contributed by atoms with Crippen LogP contribution in [0.1, 0.15) is 96.6 Å². The van der Waals surface area contributed by atoms with E-state index in [1.807, 2.05) is 0 Å². The lowest BCUT2D eigenvalue weighted by molar-refractivity contribution is -0.144. The summed E-state index contributed by atoms with van der Waals surface area (Å²) < 4.78 is 21.1. The lowest BCUT2D eigenvalue weighted by atomic mass is 9.85. The Morgan fingerprint density at radius 1 is 0.906 bits per heavy atom. The second-order valence-corrected chi connectivity index (χ2v) is 24.4. The number of rotatable bonds is 21. The molecule has 2 aromatic rings. The Kier molecular flexibility index (Phi) is 26.3. The van der Waals surface area contributed by atoms with E-state index < -0.39 is 206 Å². The fraction of sp³-hybridized carbons (Fsp3) is 0.636. The first-order chi connectivity index (χ1) is 40.3. The largest absolute Gasteiger partial charge is 0.496 e. The fourth-order valence-corrected chi connectivity index (χ4v) is 12.8. The maximum Gasteiger partial charge on any atom is 0.304 e. The van der Waals surface area contributed by atoms with Gasteiger partial charge in [-0.3, -0.25) is 61.7 Å². The van der Waals surface area contributed by atoms with Gasteiger partial charge in [0.25, 0.3) is 0 Å². The zero-order chi connectivity index (χ0) is 62.8. The van der Waals surface area contributed by atoms with Crippen LogP contribution >= 0.6 is 11.8 Å². The third kappa shape index (κ3) is 19.2. The van der Waals surface area contributed by atoms with E-state index in [9.17, 15) is 72.9 Å². The molecule has 2 bridgehead atoms. The number of hydrogen-bond acceptors (Lipinski definition) is 18. The minimum Gasteiger partial charge on any atom is -0.496 e. The molecule has 0 saturated carbocycles. The number of aliphatic hydroxyl groups is 3. The molecule has 85 heavy (non-hydrogen) atoms. The molecule has 2 unspecified atom stereocenters. The van der Waals surface area contributed by atoms with E-state index in [0.717, 1.165) is 4.90 Å². The standard InChI is InChI=1S/C55H80N10O18S2/c1-6-27(2)34-18-31(67)21-59-50(77)30-16-35-33-9-10-42(83-5)36(25-84-14-8-7-12-57-44(72)11-13-58-49(76)28(3)15-46(74)75)48(33)64-54(35)85(82)26-38(61-45(73)22-60-51(34)78)52(79)62-37(20-43(56)71)55(81)65-23-32(68)19-39(65)53(80)63-47(40(69)17-30)29(4)41(70)24-66/h9-10,27-30,32,34,37-39,41,47,64,66,68,70H,6-8,11-26H2,1-5H3,(H2,56,71)(H,57,72)(H,58,76)(H,59,77)(H,60,78)(H,61,73)(H,62,79)(H,63,80)(H,74,75)/t27-,28?,29-,30+,32+,34-,37-,38-,39-,41-,47-,85?/m0/s1. The lowest BCUT2D eigenvalue weighted by Crippen LogP contribution is -2.60. The number of unbranched alkanes of at least 4 members (excludes halogenated alkanes) is 1. The molecule has 30 heteroatoms. The number of ketones is 2. The Balaban J connectivity index is 1.61. The van der Waals surface area contributed by atoms with Crippen molar-refractivity contribution in [2.45, 2.75) is 139 Å². The number of aliphatic hydroxyl groups excluding tert-OH is 3. The van der Waals surface area contributed by atoms with E-state index in [1.54, 1.807) is 26.0 Å². The fourth-order valence-electron chi connectivity index (χ4n) is 10.4. The SMILES string of the molecule is CC[C@H](C)[C@@H]1CC(=O)CNC(=O)[C@H]2CC(=O)[C@H]([C@@H](C)[C@@H](O)CO)NC(=O)[C@@H]3C[C@@H](O)CN3C(=O)[C@H](CC(N)=O)NC(=O)[C@H](CS(=O)c3[nH]c4c(CSCCCCNC(=O)CCNC(=O)C(C)CC(=O)O)c(OC)ccc4c3C2)NC(=O)CNC1=O. The van der Waals surface area contributed by atoms with Crippen molar-refractivity contribution in [1.29, 1.82) is 0 Å². The van der Waals surface area contributed by atoms with E-state index in [1.165, 1.54) is 32.7 Å². The number of ether oxygens (including phenoxy) is 1. The van der Waals surface area contributed by atoms with Crippen molar-refractivity contribution in [2.24, 2.45) is 35.3 Å². The van der Waals surface area contributed by atoms with Crippen molar-refractivity contribution in [3.8, 4) is 5.75 Å². The molecule has 4 heterocycles. The number of thioether (sulfide) groups is 1. The molecule has 1 aromatic carbocycles. The van der Waals surface area contributed by atoms with Crippen LogP contribution in [0.5, 0.6) is 5.75 Å². The topological polar surface area (TPSA) is 441 Å². The average Bonchev–Trinajstić information content (AvgIpc) is 2.50. The van der Waals surface area contributed by atoms with Gasteiger partial charge in [0.15, 0.2) is 11.6 Å². The van der Waals surface area contributed by atoms with Gasteiger partial charge in [-0.1, -0.05) is 34.1 Å². The molecule has 3 aliphatic rings. The first-order valence-electron chi connectivity index (χ1n) is 28.3. The summed E-state index contributed by atoms with van der Waals surface area (Å²) in [6, 6.07) is -3.73. The zero-order valence-corrected chi connectivity index (χ0v) is 49.9. The quantitative estimate of drug-likeness (QED) is 0.0566. The molecule has 1 saturated heterocycles. The molecule has 1 fully saturated rings. The van der Waals surface area contributed by atoms with Gasteiger partial charge in [0.05, 0.1) is 80.0 Å². The van der Waals surface area contributed by atoms with Gasteiger partial charge in [-0.15, -0.1) is 0 Å². The van der Waals surface area contributed by atoms with Gasteiger partial charge in [0.1, 0.15) is 28.9 Å². The van der Waals surface area contributed by atoms with Crippen LogP contribution in [0.4, 0.5) is 0 Å². The van der Waals surface area contributed by atoms with Gasteiger partial charge >= 0.3 is 5.97 Å². The summed E-state index contributed by atoms with van der Waals surface area (Å²) in [7, 11) is -0.994. The Morgan fingerprint density at radius 3 is 2.29 bits per heavy atom. The molecule has 3 aliphatic heterocycles. The summed E-state index contributed by atoms with van der Waals surface area (Å²) in [6.45, 7) is 3.86. The second kappa shape index (κ2) is 32.5. The number of nitrogens with two attached hydrogens (primary N) is 1. The number of nitrogens with zero attached hydrogens (tertiary/aromatic N) is 1. The molecule has 14 N–H and O–H groups in total. The number of carbonyl (C=O) groups excluding carboxylic acids is 11. The number of aromatic amines is 1. The number of H-pyrrole nitrogens is 1. The summed E-state index contributed by atoms with van der Waals surface area (Å²) in [6.07, 6.45) is -4.62. The zero-order valence-electron chi connectivity index (χ0n) is 48.3. The number of fused-ring (bicyclic) bond motifs is 5. The number of amides is 9. The highest BCUT2D eigenvalue weighted by Gasteiger charge is 2.45. The van der Waals surface area contributed by atoms with Crippen LogP contribution in [0.15, 0.2) is 17.2 Å². The van der Waals surface area contributed by atoms with Gasteiger partial charge in [-0.2, -0.15) is 11.8 Å². The Labute approximate surface area is 497 Å². The summed E-state index contributed by atoms with van der Waals surface area (Å²) in [5.74, 6) is -14.9. The highest BCUT2D eigenvalue weighted by Crippen LogP contribution is 2.37. The Morgan fingerprint density at radius 2 is 1.62 bits per heavy atom. The summed E-state index contributed by atoms with van der Waals surface area (Å²) >= 11 is 1.47. The third-order valence-electron chi connectivity index (χ3n) is 15.5. The minimum atomic E-state index is -2.42. The average molecular weight is 1230 g/mol. The van der Waals surface area contributed by atoms with E-state index in [0.29, 0.717) is 53.8 Å². The lowest BCUT2D eigenvalue weighted by Gasteiger charge is -2.32. The number of primary amides is 1. The van der Waals surface area contributed by atoms with Crippen LogP contribution in [0.25, 0.3) is 10.9 Å². The number of aromatic nitrogens is 1. The molecule has 12 atom stereocenters. The molecule has 1 aromatic heterocycles. The smallest absolute Gasteiger partial charge is 0.304 e. The normalized spacial score (nSPS) is 24.7. The van der Waals surface area contributed by atoms with E-state index >= 15 is 4.21 Å². The highest BCUT2D eigenvalue weighted by molar-refractivity contribution is 7.98.